The van der Waals surface area contributed by atoms with Gasteiger partial charge in [0.1, 0.15) is 5.82 Å². The summed E-state index contributed by atoms with van der Waals surface area (Å²) < 4.78 is 15.2. The number of halogens is 2. The van der Waals surface area contributed by atoms with Gasteiger partial charge in [-0.2, -0.15) is 0 Å². The van der Waals surface area contributed by atoms with Crippen LogP contribution in [-0.4, -0.2) is 47.4 Å². The molecule has 28 heavy (non-hydrogen) atoms. The van der Waals surface area contributed by atoms with Crippen molar-refractivity contribution in [1.82, 2.24) is 9.88 Å². The fourth-order valence-corrected chi connectivity index (χ4v) is 4.91. The highest BCUT2D eigenvalue weighted by atomic mass is 35.5. The number of benzene rings is 1. The van der Waals surface area contributed by atoms with Crippen LogP contribution in [-0.2, 0) is 4.79 Å². The van der Waals surface area contributed by atoms with Crippen molar-refractivity contribution in [2.75, 3.05) is 24.5 Å². The molecular formula is C20H22ClFN4O2. The average Bonchev–Trinajstić information content (AvgIpc) is 3.22. The van der Waals surface area contributed by atoms with Crippen molar-refractivity contribution < 1.29 is 14.0 Å². The second-order valence-corrected chi connectivity index (χ2v) is 7.90. The summed E-state index contributed by atoms with van der Waals surface area (Å²) in [5, 5.41) is 0.896. The first-order chi connectivity index (χ1) is 13.3. The predicted octanol–water partition coefficient (Wildman–Crippen LogP) is 2.98. The molecule has 2 aromatic rings. The topological polar surface area (TPSA) is 82.4 Å². The lowest BCUT2D eigenvalue weighted by Crippen LogP contribution is -2.47. The van der Waals surface area contributed by atoms with Crippen molar-refractivity contribution >= 4 is 40.0 Å². The Morgan fingerprint density at radius 3 is 2.82 bits per heavy atom. The van der Waals surface area contributed by atoms with E-state index in [1.54, 1.807) is 11.8 Å². The number of carbonyl (C=O) groups excluding carboxylic acids is 2. The molecule has 1 aromatic carbocycles. The van der Waals surface area contributed by atoms with Gasteiger partial charge in [0.05, 0.1) is 21.8 Å². The van der Waals surface area contributed by atoms with Crippen LogP contribution in [0.4, 0.5) is 10.1 Å². The maximum atomic E-state index is 15.2. The smallest absolute Gasteiger partial charge is 0.250 e. The number of amides is 2. The normalized spacial score (nSPS) is 21.8. The van der Waals surface area contributed by atoms with Crippen molar-refractivity contribution in [2.24, 2.45) is 11.7 Å². The van der Waals surface area contributed by atoms with Crippen molar-refractivity contribution in [3.05, 3.63) is 40.8 Å². The largest absolute Gasteiger partial charge is 0.366 e. The highest BCUT2D eigenvalue weighted by Crippen LogP contribution is 2.44. The molecule has 6 nitrogen and oxygen atoms in total. The Morgan fingerprint density at radius 2 is 2.14 bits per heavy atom. The van der Waals surface area contributed by atoms with Crippen LogP contribution in [0, 0.1) is 18.7 Å². The van der Waals surface area contributed by atoms with Crippen molar-refractivity contribution in [3.63, 3.8) is 0 Å². The lowest BCUT2D eigenvalue weighted by atomic mass is 9.92. The van der Waals surface area contributed by atoms with E-state index in [1.807, 2.05) is 4.90 Å². The van der Waals surface area contributed by atoms with Crippen LogP contribution in [0.5, 0.6) is 0 Å². The molecule has 0 saturated carbocycles. The molecule has 0 radical (unpaired) electrons. The SMILES string of the molecule is C=CC(=O)N1CCC2C(CCN2c2c(F)cc(C(N)=O)c3[nH]c(C)c(Cl)c23)C1. The van der Waals surface area contributed by atoms with Crippen molar-refractivity contribution in [3.8, 4) is 0 Å². The van der Waals surface area contributed by atoms with Gasteiger partial charge in [-0.25, -0.2) is 4.39 Å². The summed E-state index contributed by atoms with van der Waals surface area (Å²) in [7, 11) is 0. The molecule has 2 aliphatic heterocycles. The average molecular weight is 405 g/mol. The zero-order valence-electron chi connectivity index (χ0n) is 15.6. The number of likely N-dealkylation sites (tertiary alicyclic amines) is 1. The summed E-state index contributed by atoms with van der Waals surface area (Å²) in [4.78, 5) is 30.7. The van der Waals surface area contributed by atoms with Crippen LogP contribution < -0.4 is 10.6 Å². The summed E-state index contributed by atoms with van der Waals surface area (Å²) in [6, 6.07) is 1.30. The Hall–Kier alpha value is -2.54. The molecule has 2 saturated heterocycles. The quantitative estimate of drug-likeness (QED) is 0.771. The van der Waals surface area contributed by atoms with Crippen LogP contribution in [0.1, 0.15) is 28.9 Å². The molecule has 2 unspecified atom stereocenters. The Morgan fingerprint density at radius 1 is 1.39 bits per heavy atom. The number of rotatable bonds is 3. The predicted molar refractivity (Wildman–Crippen MR) is 107 cm³/mol. The van der Waals surface area contributed by atoms with E-state index in [0.29, 0.717) is 46.9 Å². The molecule has 3 heterocycles. The molecule has 0 bridgehead atoms. The number of piperidine rings is 1. The summed E-state index contributed by atoms with van der Waals surface area (Å²) in [6.45, 7) is 7.24. The Kier molecular flexibility index (Phi) is 4.57. The highest BCUT2D eigenvalue weighted by Gasteiger charge is 2.41. The van der Waals surface area contributed by atoms with Crippen molar-refractivity contribution in [2.45, 2.75) is 25.8 Å². The molecule has 8 heteroatoms. The number of nitrogens with one attached hydrogen (secondary N) is 1. The van der Waals surface area contributed by atoms with Crippen LogP contribution in [0.25, 0.3) is 10.9 Å². The van der Waals surface area contributed by atoms with Crippen LogP contribution in [0.2, 0.25) is 5.02 Å². The number of aromatic amines is 1. The number of hydrogen-bond acceptors (Lipinski definition) is 3. The summed E-state index contributed by atoms with van der Waals surface area (Å²) in [6.07, 6.45) is 2.93. The third-order valence-corrected chi connectivity index (χ3v) is 6.46. The number of anilines is 1. The monoisotopic (exact) mass is 404 g/mol. The Bertz CT molecular complexity index is 1000. The number of fused-ring (bicyclic) bond motifs is 2. The molecular weight excluding hydrogens is 383 g/mol. The fraction of sp³-hybridized carbons (Fsp3) is 0.400. The third-order valence-electron chi connectivity index (χ3n) is 5.99. The minimum absolute atomic E-state index is 0.0689. The zero-order valence-corrected chi connectivity index (χ0v) is 16.4. The Balaban J connectivity index is 1.78. The number of H-pyrrole nitrogens is 1. The maximum absolute atomic E-state index is 15.2. The van der Waals surface area contributed by atoms with Crippen LogP contribution >= 0.6 is 11.6 Å². The molecule has 2 aliphatic rings. The van der Waals surface area contributed by atoms with E-state index < -0.39 is 11.7 Å². The molecule has 148 valence electrons. The van der Waals surface area contributed by atoms with E-state index >= 15 is 4.39 Å². The molecule has 0 spiro atoms. The molecule has 2 amide bonds. The van der Waals surface area contributed by atoms with Gasteiger partial charge in [0, 0.05) is 36.8 Å². The van der Waals surface area contributed by atoms with Gasteiger partial charge in [-0.15, -0.1) is 0 Å². The summed E-state index contributed by atoms with van der Waals surface area (Å²) >= 11 is 6.49. The number of nitrogens with zero attached hydrogens (tertiary/aromatic N) is 2. The van der Waals surface area contributed by atoms with E-state index in [2.05, 4.69) is 11.6 Å². The number of primary amides is 1. The van der Waals surface area contributed by atoms with Gasteiger partial charge >= 0.3 is 0 Å². The number of hydrogen-bond donors (Lipinski definition) is 2. The molecule has 4 rings (SSSR count). The lowest BCUT2D eigenvalue weighted by Gasteiger charge is -2.38. The first-order valence-corrected chi connectivity index (χ1v) is 9.69. The van der Waals surface area contributed by atoms with Gasteiger partial charge in [0.15, 0.2) is 0 Å². The molecule has 2 atom stereocenters. The van der Waals surface area contributed by atoms with Gasteiger partial charge < -0.3 is 20.5 Å². The molecule has 0 aliphatic carbocycles. The zero-order chi connectivity index (χ0) is 20.2. The number of carbonyl (C=O) groups is 2. The van der Waals surface area contributed by atoms with E-state index in [1.165, 1.54) is 12.1 Å². The second kappa shape index (κ2) is 6.81. The van der Waals surface area contributed by atoms with Gasteiger partial charge in [-0.1, -0.05) is 18.2 Å². The molecule has 1 aromatic heterocycles. The second-order valence-electron chi connectivity index (χ2n) is 7.52. The van der Waals surface area contributed by atoms with Gasteiger partial charge in [0.2, 0.25) is 5.91 Å². The molecule has 2 fully saturated rings. The third kappa shape index (κ3) is 2.76. The van der Waals surface area contributed by atoms with Crippen LogP contribution in [0.3, 0.4) is 0 Å². The van der Waals surface area contributed by atoms with E-state index in [4.69, 9.17) is 17.3 Å². The first kappa shape index (κ1) is 18.8. The number of aryl methyl sites for hydroxylation is 1. The highest BCUT2D eigenvalue weighted by molar-refractivity contribution is 6.38. The van der Waals surface area contributed by atoms with Crippen LogP contribution in [0.15, 0.2) is 18.7 Å². The lowest BCUT2D eigenvalue weighted by molar-refractivity contribution is -0.127. The minimum atomic E-state index is -0.705. The van der Waals surface area contributed by atoms with Gasteiger partial charge in [0.25, 0.3) is 5.91 Å². The number of aromatic nitrogens is 1. The summed E-state index contributed by atoms with van der Waals surface area (Å²) in [5.41, 5.74) is 7.07. The van der Waals surface area contributed by atoms with Gasteiger partial charge in [-0.05, 0) is 37.8 Å². The number of nitrogens with two attached hydrogens (primary N) is 1. The van der Waals surface area contributed by atoms with E-state index in [9.17, 15) is 9.59 Å². The minimum Gasteiger partial charge on any atom is -0.366 e. The van der Waals surface area contributed by atoms with E-state index in [-0.39, 0.29) is 23.4 Å². The summed E-state index contributed by atoms with van der Waals surface area (Å²) in [5.74, 6) is -1.03. The first-order valence-electron chi connectivity index (χ1n) is 9.31. The van der Waals surface area contributed by atoms with E-state index in [0.717, 1.165) is 12.8 Å². The van der Waals surface area contributed by atoms with Crippen molar-refractivity contribution in [1.29, 1.82) is 0 Å². The Labute approximate surface area is 167 Å². The maximum Gasteiger partial charge on any atom is 0.250 e. The fourth-order valence-electron chi connectivity index (χ4n) is 4.68. The van der Waals surface area contributed by atoms with Gasteiger partial charge in [-0.3, -0.25) is 9.59 Å². The standard InChI is InChI=1S/C20H22ClFN4O2/c1-3-15(27)25-6-5-14-11(9-25)4-7-26(14)19-13(22)8-12(20(23)28)18-16(19)17(21)10(2)24-18/h3,8,11,14,24H,1,4-7,9H2,2H3,(H2,23,28). The molecule has 3 N–H and O–H groups in total.